The van der Waals surface area contributed by atoms with Gasteiger partial charge in [-0.25, -0.2) is 4.39 Å². The Labute approximate surface area is 106 Å². The first-order chi connectivity index (χ1) is 8.65. The van der Waals surface area contributed by atoms with Crippen LogP contribution < -0.4 is 5.32 Å². The molecule has 0 aliphatic rings. The Morgan fingerprint density at radius 1 is 1.44 bits per heavy atom. The molecule has 1 amide bonds. The molecule has 0 bridgehead atoms. The van der Waals surface area contributed by atoms with Crippen molar-refractivity contribution in [2.24, 2.45) is 0 Å². The molecule has 0 aliphatic carbocycles. The summed E-state index contributed by atoms with van der Waals surface area (Å²) in [4.78, 5) is 11.7. The number of aliphatic hydroxyl groups is 1. The first kappa shape index (κ1) is 14.6. The highest BCUT2D eigenvalue weighted by Crippen LogP contribution is 2.08. The van der Waals surface area contributed by atoms with Crippen LogP contribution in [0.4, 0.5) is 4.39 Å². The number of aryl methyl sites for hydroxylation is 1. The van der Waals surface area contributed by atoms with Crippen molar-refractivity contribution >= 4 is 5.91 Å². The highest BCUT2D eigenvalue weighted by atomic mass is 19.1. The van der Waals surface area contributed by atoms with Crippen LogP contribution in [-0.4, -0.2) is 37.4 Å². The number of rotatable bonds is 7. The van der Waals surface area contributed by atoms with E-state index in [1.165, 1.54) is 18.2 Å². The molecular formula is C13H18FNO3. The zero-order valence-corrected chi connectivity index (χ0v) is 10.4. The SMILES string of the molecule is Cc1cc(C(=O)NCCCOCCO)ccc1F. The maximum absolute atomic E-state index is 13.0. The predicted octanol–water partition coefficient (Wildman–Crippen LogP) is 1.26. The third-order valence-corrected chi connectivity index (χ3v) is 2.41. The Morgan fingerprint density at radius 2 is 2.22 bits per heavy atom. The Morgan fingerprint density at radius 3 is 2.89 bits per heavy atom. The minimum absolute atomic E-state index is 0.00121. The number of halogens is 1. The van der Waals surface area contributed by atoms with Crippen LogP contribution in [0.5, 0.6) is 0 Å². The standard InChI is InChI=1S/C13H18FNO3/c1-10-9-11(3-4-12(10)14)13(17)15-5-2-7-18-8-6-16/h3-4,9,16H,2,5-8H2,1H3,(H,15,17). The van der Waals surface area contributed by atoms with Crippen molar-refractivity contribution in [2.45, 2.75) is 13.3 Å². The van der Waals surface area contributed by atoms with Crippen molar-refractivity contribution < 1.29 is 19.0 Å². The van der Waals surface area contributed by atoms with Crippen molar-refractivity contribution in [1.29, 1.82) is 0 Å². The molecule has 0 saturated carbocycles. The maximum Gasteiger partial charge on any atom is 0.251 e. The second kappa shape index (κ2) is 7.79. The van der Waals surface area contributed by atoms with Crippen LogP contribution >= 0.6 is 0 Å². The zero-order valence-electron chi connectivity index (χ0n) is 10.4. The summed E-state index contributed by atoms with van der Waals surface area (Å²) in [5.74, 6) is -0.538. The number of carbonyl (C=O) groups is 1. The van der Waals surface area contributed by atoms with Gasteiger partial charge in [0.2, 0.25) is 0 Å². The minimum atomic E-state index is -0.316. The summed E-state index contributed by atoms with van der Waals surface area (Å²) < 4.78 is 18.1. The molecule has 0 unspecified atom stereocenters. The van der Waals surface area contributed by atoms with E-state index in [0.717, 1.165) is 0 Å². The van der Waals surface area contributed by atoms with Gasteiger partial charge in [0, 0.05) is 18.7 Å². The molecule has 2 N–H and O–H groups in total. The molecule has 5 heteroatoms. The summed E-state index contributed by atoms with van der Waals surface area (Å²) in [6.07, 6.45) is 0.673. The Kier molecular flexibility index (Phi) is 6.32. The van der Waals surface area contributed by atoms with Crippen LogP contribution in [0.15, 0.2) is 18.2 Å². The molecule has 0 atom stereocenters. The highest BCUT2D eigenvalue weighted by Gasteiger charge is 2.06. The average molecular weight is 255 g/mol. The van der Waals surface area contributed by atoms with Crippen molar-refractivity contribution in [1.82, 2.24) is 5.32 Å². The van der Waals surface area contributed by atoms with Crippen molar-refractivity contribution in [3.8, 4) is 0 Å². The summed E-state index contributed by atoms with van der Waals surface area (Å²) in [5.41, 5.74) is 0.902. The molecular weight excluding hydrogens is 237 g/mol. The molecule has 4 nitrogen and oxygen atoms in total. The molecule has 0 spiro atoms. The minimum Gasteiger partial charge on any atom is -0.394 e. The molecule has 100 valence electrons. The summed E-state index contributed by atoms with van der Waals surface area (Å²) in [7, 11) is 0. The van der Waals surface area contributed by atoms with Gasteiger partial charge in [0.05, 0.1) is 13.2 Å². The lowest BCUT2D eigenvalue weighted by molar-refractivity contribution is 0.0867. The van der Waals surface area contributed by atoms with Crippen LogP contribution in [0.2, 0.25) is 0 Å². The normalized spacial score (nSPS) is 10.4. The van der Waals surface area contributed by atoms with Crippen LogP contribution in [0.1, 0.15) is 22.3 Å². The van der Waals surface area contributed by atoms with E-state index >= 15 is 0 Å². The van der Waals surface area contributed by atoms with Gasteiger partial charge in [-0.1, -0.05) is 0 Å². The van der Waals surface area contributed by atoms with E-state index in [-0.39, 0.29) is 18.3 Å². The van der Waals surface area contributed by atoms with Gasteiger partial charge in [0.1, 0.15) is 5.82 Å². The number of amides is 1. The van der Waals surface area contributed by atoms with Gasteiger partial charge < -0.3 is 15.2 Å². The van der Waals surface area contributed by atoms with Gasteiger partial charge in [0.15, 0.2) is 0 Å². The van der Waals surface area contributed by atoms with Gasteiger partial charge >= 0.3 is 0 Å². The van der Waals surface area contributed by atoms with E-state index in [1.807, 2.05) is 0 Å². The summed E-state index contributed by atoms with van der Waals surface area (Å²) >= 11 is 0. The Balaban J connectivity index is 2.30. The third kappa shape index (κ3) is 4.81. The molecule has 1 aromatic rings. The second-order valence-corrected chi connectivity index (χ2v) is 3.91. The number of carbonyl (C=O) groups excluding carboxylic acids is 1. The number of nitrogens with one attached hydrogen (secondary N) is 1. The van der Waals surface area contributed by atoms with Gasteiger partial charge in [-0.15, -0.1) is 0 Å². The van der Waals surface area contributed by atoms with Crippen molar-refractivity contribution in [2.75, 3.05) is 26.4 Å². The highest BCUT2D eigenvalue weighted by molar-refractivity contribution is 5.94. The fourth-order valence-electron chi connectivity index (χ4n) is 1.43. The van der Waals surface area contributed by atoms with Crippen LogP contribution in [0.25, 0.3) is 0 Å². The first-order valence-corrected chi connectivity index (χ1v) is 5.88. The molecule has 1 aromatic carbocycles. The van der Waals surface area contributed by atoms with E-state index in [1.54, 1.807) is 6.92 Å². The largest absolute Gasteiger partial charge is 0.394 e. The first-order valence-electron chi connectivity index (χ1n) is 5.88. The number of aliphatic hydroxyl groups excluding tert-OH is 1. The predicted molar refractivity (Wildman–Crippen MR) is 66.0 cm³/mol. The molecule has 1 rings (SSSR count). The maximum atomic E-state index is 13.0. The molecule has 18 heavy (non-hydrogen) atoms. The van der Waals surface area contributed by atoms with E-state index in [9.17, 15) is 9.18 Å². The smallest absolute Gasteiger partial charge is 0.251 e. The Bertz CT molecular complexity index is 396. The van der Waals surface area contributed by atoms with Gasteiger partial charge in [-0.05, 0) is 37.1 Å². The van der Waals surface area contributed by atoms with E-state index in [2.05, 4.69) is 5.32 Å². The number of ether oxygens (including phenoxy) is 1. The molecule has 0 fully saturated rings. The van der Waals surface area contributed by atoms with E-state index < -0.39 is 0 Å². The summed E-state index contributed by atoms with van der Waals surface area (Å²) in [6, 6.07) is 4.27. The number of hydrogen-bond acceptors (Lipinski definition) is 3. The third-order valence-electron chi connectivity index (χ3n) is 2.41. The molecule has 0 radical (unpaired) electrons. The van der Waals surface area contributed by atoms with Crippen LogP contribution in [-0.2, 0) is 4.74 Å². The van der Waals surface area contributed by atoms with E-state index in [0.29, 0.717) is 37.3 Å². The molecule has 0 aliphatic heterocycles. The quantitative estimate of drug-likeness (QED) is 0.721. The topological polar surface area (TPSA) is 58.6 Å². The number of hydrogen-bond donors (Lipinski definition) is 2. The summed E-state index contributed by atoms with van der Waals surface area (Å²) in [5, 5.41) is 11.2. The lowest BCUT2D eigenvalue weighted by atomic mass is 10.1. The van der Waals surface area contributed by atoms with Crippen LogP contribution in [0, 0.1) is 12.7 Å². The fourth-order valence-corrected chi connectivity index (χ4v) is 1.43. The summed E-state index contributed by atoms with van der Waals surface area (Å²) in [6.45, 7) is 2.91. The average Bonchev–Trinajstić information content (AvgIpc) is 2.36. The van der Waals surface area contributed by atoms with Gasteiger partial charge in [-0.3, -0.25) is 4.79 Å². The van der Waals surface area contributed by atoms with Gasteiger partial charge in [0.25, 0.3) is 5.91 Å². The Hall–Kier alpha value is -1.46. The zero-order chi connectivity index (χ0) is 13.4. The second-order valence-electron chi connectivity index (χ2n) is 3.91. The lowest BCUT2D eigenvalue weighted by Gasteiger charge is -2.06. The monoisotopic (exact) mass is 255 g/mol. The fraction of sp³-hybridized carbons (Fsp3) is 0.462. The molecule has 0 aromatic heterocycles. The molecule has 0 heterocycles. The van der Waals surface area contributed by atoms with Crippen LogP contribution in [0.3, 0.4) is 0 Å². The molecule has 0 saturated heterocycles. The van der Waals surface area contributed by atoms with Crippen molar-refractivity contribution in [3.05, 3.63) is 35.1 Å². The van der Waals surface area contributed by atoms with E-state index in [4.69, 9.17) is 9.84 Å². The van der Waals surface area contributed by atoms with Crippen molar-refractivity contribution in [3.63, 3.8) is 0 Å². The lowest BCUT2D eigenvalue weighted by Crippen LogP contribution is -2.25. The van der Waals surface area contributed by atoms with Gasteiger partial charge in [-0.2, -0.15) is 0 Å². The number of benzene rings is 1.